The van der Waals surface area contributed by atoms with Crippen LogP contribution in [0, 0.1) is 11.8 Å². The minimum atomic E-state index is -4.47. The third-order valence-electron chi connectivity index (χ3n) is 9.33. The molecular formula is C28H42F5N7O. The number of carbonyl (C=O) groups excluding carboxylic acids is 1. The first-order valence-electron chi connectivity index (χ1n) is 14.7. The number of piperidine rings is 1. The van der Waals surface area contributed by atoms with Crippen LogP contribution < -0.4 is 26.6 Å². The van der Waals surface area contributed by atoms with Gasteiger partial charge in [-0.3, -0.25) is 19.9 Å². The first-order valence-corrected chi connectivity index (χ1v) is 14.7. The van der Waals surface area contributed by atoms with Crippen molar-refractivity contribution in [1.29, 1.82) is 0 Å². The Kier molecular flexibility index (Phi) is 8.98. The molecule has 0 aromatic heterocycles. The van der Waals surface area contributed by atoms with Gasteiger partial charge in [-0.1, -0.05) is 13.0 Å². The zero-order chi connectivity index (χ0) is 29.4. The predicted molar refractivity (Wildman–Crippen MR) is 146 cm³/mol. The van der Waals surface area contributed by atoms with E-state index in [1.165, 1.54) is 6.20 Å². The lowest BCUT2D eigenvalue weighted by atomic mass is 9.76. The maximum absolute atomic E-state index is 13.9. The maximum Gasteiger partial charge on any atom is 0.422 e. The van der Waals surface area contributed by atoms with Gasteiger partial charge in [-0.2, -0.15) is 13.2 Å². The number of halogens is 5. The van der Waals surface area contributed by atoms with Crippen molar-refractivity contribution in [1.82, 2.24) is 36.4 Å². The topological polar surface area (TPSA) is 83.7 Å². The number of nitrogens with zero attached hydrogens (tertiary/aromatic N) is 2. The van der Waals surface area contributed by atoms with E-state index in [0.29, 0.717) is 11.6 Å². The van der Waals surface area contributed by atoms with Gasteiger partial charge in [0.2, 0.25) is 5.91 Å². The monoisotopic (exact) mass is 587 g/mol. The van der Waals surface area contributed by atoms with Gasteiger partial charge in [-0.15, -0.1) is 0 Å². The molecule has 0 radical (unpaired) electrons. The van der Waals surface area contributed by atoms with Crippen molar-refractivity contribution in [2.75, 3.05) is 46.3 Å². The average molecular weight is 588 g/mol. The molecule has 1 amide bonds. The van der Waals surface area contributed by atoms with Crippen LogP contribution in [-0.4, -0.2) is 98.5 Å². The lowest BCUT2D eigenvalue weighted by molar-refractivity contribution is -0.161. The summed E-state index contributed by atoms with van der Waals surface area (Å²) in [7, 11) is 1.98. The summed E-state index contributed by atoms with van der Waals surface area (Å²) in [6, 6.07) is -0.0372. The molecule has 6 unspecified atom stereocenters. The van der Waals surface area contributed by atoms with Crippen LogP contribution in [0.4, 0.5) is 22.0 Å². The molecule has 8 nitrogen and oxygen atoms in total. The van der Waals surface area contributed by atoms with Crippen LogP contribution in [0.1, 0.15) is 39.0 Å². The normalized spacial score (nSPS) is 33.4. The highest BCUT2D eigenvalue weighted by Gasteiger charge is 2.43. The quantitative estimate of drug-likeness (QED) is 0.293. The molecule has 13 heteroatoms. The molecule has 2 saturated heterocycles. The van der Waals surface area contributed by atoms with Crippen molar-refractivity contribution < 1.29 is 26.7 Å². The summed E-state index contributed by atoms with van der Waals surface area (Å²) in [6.45, 7) is 4.27. The lowest BCUT2D eigenvalue weighted by Gasteiger charge is -2.41. The van der Waals surface area contributed by atoms with E-state index in [-0.39, 0.29) is 62.9 Å². The Hall–Kier alpha value is -2.22. The Morgan fingerprint density at radius 3 is 2.59 bits per heavy atom. The molecule has 4 aliphatic heterocycles. The van der Waals surface area contributed by atoms with E-state index in [0.717, 1.165) is 43.6 Å². The second-order valence-corrected chi connectivity index (χ2v) is 12.0. The SMILES string of the molecule is CNC1CCN(C2C=CC3=C(CCC(C)C3C(=O)NCC(C3=CNC(C(F)(F)F)NC3)N3CCC(F)(F)CC3)N2)C1. The minimum absolute atomic E-state index is 0.0569. The third-order valence-corrected chi connectivity index (χ3v) is 9.33. The molecule has 41 heavy (non-hydrogen) atoms. The number of hydrogen-bond donors (Lipinski definition) is 5. The number of hydrogen-bond acceptors (Lipinski definition) is 7. The van der Waals surface area contributed by atoms with Crippen molar-refractivity contribution in [3.05, 3.63) is 35.2 Å². The summed E-state index contributed by atoms with van der Waals surface area (Å²) < 4.78 is 67.3. The summed E-state index contributed by atoms with van der Waals surface area (Å²) in [6.07, 6.45) is 1.42. The molecule has 5 aliphatic rings. The van der Waals surface area contributed by atoms with E-state index >= 15 is 0 Å². The Balaban J connectivity index is 1.27. The largest absolute Gasteiger partial charge is 0.422 e. The van der Waals surface area contributed by atoms with E-state index in [1.54, 1.807) is 0 Å². The fraction of sp³-hybridized carbons (Fsp3) is 0.750. The number of dihydropyridines is 1. The number of carbonyl (C=O) groups is 1. The molecule has 230 valence electrons. The van der Waals surface area contributed by atoms with Gasteiger partial charge in [0.15, 0.2) is 6.17 Å². The Morgan fingerprint density at radius 1 is 1.20 bits per heavy atom. The average Bonchev–Trinajstić information content (AvgIpc) is 3.43. The van der Waals surface area contributed by atoms with Crippen molar-refractivity contribution >= 4 is 5.91 Å². The van der Waals surface area contributed by atoms with Gasteiger partial charge in [0.05, 0.1) is 18.1 Å². The van der Waals surface area contributed by atoms with Gasteiger partial charge in [0, 0.05) is 70.0 Å². The molecule has 1 aliphatic carbocycles. The molecule has 6 atom stereocenters. The number of rotatable bonds is 7. The van der Waals surface area contributed by atoms with Gasteiger partial charge in [-0.25, -0.2) is 8.78 Å². The molecule has 5 rings (SSSR count). The first kappa shape index (κ1) is 30.2. The van der Waals surface area contributed by atoms with Crippen LogP contribution in [0.5, 0.6) is 0 Å². The number of nitrogens with one attached hydrogen (secondary N) is 5. The minimum Gasteiger partial charge on any atom is -0.369 e. The van der Waals surface area contributed by atoms with Crippen LogP contribution >= 0.6 is 0 Å². The highest BCUT2D eigenvalue weighted by molar-refractivity contribution is 5.83. The van der Waals surface area contributed by atoms with Crippen LogP contribution in [0.2, 0.25) is 0 Å². The predicted octanol–water partition coefficient (Wildman–Crippen LogP) is 2.25. The standard InChI is InChI=1S/C28H42F5N7O/c1-17-3-5-21-20(4-6-23(38-21)40-10-7-19(16-40)34-2)24(17)25(41)35-15-22(39-11-8-27(29,30)9-12-39)18-13-36-26(37-14-18)28(31,32)33/h4,6,13,17,19,22-24,26,34,36-38H,3,5,7-12,14-16H2,1-2H3,(H,35,41). The van der Waals surface area contributed by atoms with Gasteiger partial charge in [0.25, 0.3) is 5.92 Å². The second-order valence-electron chi connectivity index (χ2n) is 12.0. The van der Waals surface area contributed by atoms with Crippen molar-refractivity contribution in [3.63, 3.8) is 0 Å². The molecular weight excluding hydrogens is 545 g/mol. The van der Waals surface area contributed by atoms with Crippen LogP contribution in [0.3, 0.4) is 0 Å². The number of alkyl halides is 5. The zero-order valence-corrected chi connectivity index (χ0v) is 23.7. The molecule has 2 fully saturated rings. The fourth-order valence-electron chi connectivity index (χ4n) is 6.76. The summed E-state index contributed by atoms with van der Waals surface area (Å²) in [5.74, 6) is -3.17. The zero-order valence-electron chi connectivity index (χ0n) is 23.7. The van der Waals surface area contributed by atoms with Crippen LogP contribution in [-0.2, 0) is 4.79 Å². The number of allylic oxidation sites excluding steroid dienone is 2. The van der Waals surface area contributed by atoms with Crippen LogP contribution in [0.25, 0.3) is 0 Å². The molecule has 5 N–H and O–H groups in total. The molecule has 0 saturated carbocycles. The summed E-state index contributed by atoms with van der Waals surface area (Å²) in [5, 5.41) is 14.8. The highest BCUT2D eigenvalue weighted by Crippen LogP contribution is 2.37. The summed E-state index contributed by atoms with van der Waals surface area (Å²) in [4.78, 5) is 17.9. The van der Waals surface area contributed by atoms with Crippen molar-refractivity contribution in [2.24, 2.45) is 11.8 Å². The molecule has 0 bridgehead atoms. The summed E-state index contributed by atoms with van der Waals surface area (Å²) >= 11 is 0. The van der Waals surface area contributed by atoms with Crippen molar-refractivity contribution in [3.8, 4) is 0 Å². The number of likely N-dealkylation sites (N-methyl/N-ethyl adjacent to an activating group) is 1. The fourth-order valence-corrected chi connectivity index (χ4v) is 6.76. The summed E-state index contributed by atoms with van der Waals surface area (Å²) in [5.41, 5.74) is 2.66. The van der Waals surface area contributed by atoms with E-state index < -0.39 is 24.3 Å². The molecule has 0 aromatic carbocycles. The van der Waals surface area contributed by atoms with Crippen molar-refractivity contribution in [2.45, 2.75) is 75.5 Å². The third kappa shape index (κ3) is 6.89. The van der Waals surface area contributed by atoms with E-state index in [2.05, 4.69) is 50.6 Å². The second kappa shape index (κ2) is 12.2. The molecule has 0 spiro atoms. The molecule has 4 heterocycles. The van der Waals surface area contributed by atoms with Gasteiger partial charge in [-0.05, 0) is 49.5 Å². The van der Waals surface area contributed by atoms with Gasteiger partial charge >= 0.3 is 6.18 Å². The maximum atomic E-state index is 13.9. The first-order chi connectivity index (χ1) is 19.4. The van der Waals surface area contributed by atoms with E-state index in [9.17, 15) is 26.7 Å². The number of likely N-dealkylation sites (tertiary alicyclic amines) is 2. The lowest BCUT2D eigenvalue weighted by Crippen LogP contribution is -2.58. The Labute approximate surface area is 238 Å². The highest BCUT2D eigenvalue weighted by atomic mass is 19.4. The Morgan fingerprint density at radius 2 is 1.95 bits per heavy atom. The number of amides is 1. The van der Waals surface area contributed by atoms with Crippen LogP contribution in [0.15, 0.2) is 35.2 Å². The van der Waals surface area contributed by atoms with E-state index in [1.807, 2.05) is 11.9 Å². The van der Waals surface area contributed by atoms with Gasteiger partial charge in [0.1, 0.15) is 0 Å². The Bertz CT molecular complexity index is 1050. The van der Waals surface area contributed by atoms with E-state index in [4.69, 9.17) is 0 Å². The van der Waals surface area contributed by atoms with Gasteiger partial charge < -0.3 is 21.3 Å². The molecule has 0 aromatic rings. The smallest absolute Gasteiger partial charge is 0.369 e.